The van der Waals surface area contributed by atoms with Crippen LogP contribution in [0.25, 0.3) is 0 Å². The van der Waals surface area contributed by atoms with Gasteiger partial charge in [-0.05, 0) is 34.2 Å². The number of primary amides is 1. The average molecular weight is 389 g/mol. The molecule has 0 aromatic heterocycles. The third-order valence-corrected chi connectivity index (χ3v) is 3.66. The summed E-state index contributed by atoms with van der Waals surface area (Å²) < 4.78 is 32.9. The zero-order chi connectivity index (χ0) is 14.7. The van der Waals surface area contributed by atoms with Crippen molar-refractivity contribution in [2.24, 2.45) is 5.73 Å². The van der Waals surface area contributed by atoms with Gasteiger partial charge in [-0.3, -0.25) is 4.79 Å². The van der Waals surface area contributed by atoms with Gasteiger partial charge in [-0.2, -0.15) is 0 Å². The minimum absolute atomic E-state index is 0.0285. The maximum atomic E-state index is 14.0. The number of carbonyl (C=O) groups is 1. The first-order valence-corrected chi connectivity index (χ1v) is 6.72. The van der Waals surface area contributed by atoms with E-state index in [4.69, 9.17) is 10.5 Å². The monoisotopic (exact) mass is 389 g/mol. The van der Waals surface area contributed by atoms with Crippen molar-refractivity contribution in [1.82, 2.24) is 0 Å². The van der Waals surface area contributed by atoms with Gasteiger partial charge >= 0.3 is 0 Å². The van der Waals surface area contributed by atoms with Crippen molar-refractivity contribution in [2.75, 3.05) is 0 Å². The standard InChI is InChI=1S/C14H10F2INO2/c15-10-6-9(14(18)19)12(17)11(16)13(10)20-7-8-4-2-1-3-5-8/h1-6H,7H2,(H2,18,19). The van der Waals surface area contributed by atoms with Gasteiger partial charge in [0.05, 0.1) is 9.13 Å². The number of halogens is 3. The molecular weight excluding hydrogens is 379 g/mol. The molecule has 20 heavy (non-hydrogen) atoms. The number of hydrogen-bond acceptors (Lipinski definition) is 2. The molecule has 0 radical (unpaired) electrons. The SMILES string of the molecule is NC(=O)c1cc(F)c(OCc2ccccc2)c(F)c1I. The largest absolute Gasteiger partial charge is 0.483 e. The molecule has 2 aromatic carbocycles. The van der Waals surface area contributed by atoms with E-state index in [1.165, 1.54) is 0 Å². The summed E-state index contributed by atoms with van der Waals surface area (Å²) in [7, 11) is 0. The van der Waals surface area contributed by atoms with Crippen molar-refractivity contribution < 1.29 is 18.3 Å². The Balaban J connectivity index is 2.29. The summed E-state index contributed by atoms with van der Waals surface area (Å²) in [6, 6.07) is 9.86. The lowest BCUT2D eigenvalue weighted by Gasteiger charge is -2.11. The number of nitrogens with two attached hydrogens (primary N) is 1. The van der Waals surface area contributed by atoms with Gasteiger partial charge in [0, 0.05) is 0 Å². The smallest absolute Gasteiger partial charge is 0.249 e. The number of carbonyl (C=O) groups excluding carboxylic acids is 1. The fraction of sp³-hybridized carbons (Fsp3) is 0.0714. The Morgan fingerprint density at radius 1 is 1.25 bits per heavy atom. The van der Waals surface area contributed by atoms with E-state index in [9.17, 15) is 13.6 Å². The summed E-state index contributed by atoms with van der Waals surface area (Å²) in [5.74, 6) is -3.27. The van der Waals surface area contributed by atoms with Crippen LogP contribution in [0.5, 0.6) is 5.75 Å². The number of ether oxygens (including phenoxy) is 1. The molecule has 0 atom stereocenters. The third-order valence-electron chi connectivity index (χ3n) is 2.61. The highest BCUT2D eigenvalue weighted by Crippen LogP contribution is 2.29. The quantitative estimate of drug-likeness (QED) is 0.645. The van der Waals surface area contributed by atoms with Crippen molar-refractivity contribution in [2.45, 2.75) is 6.61 Å². The molecule has 0 saturated carbocycles. The van der Waals surface area contributed by atoms with Gasteiger partial charge in [0.1, 0.15) is 6.61 Å². The second-order valence-corrected chi connectivity index (χ2v) is 5.08. The Bertz CT molecular complexity index is 647. The molecule has 6 heteroatoms. The molecule has 0 unspecified atom stereocenters. The fourth-order valence-electron chi connectivity index (χ4n) is 1.62. The van der Waals surface area contributed by atoms with Crippen molar-refractivity contribution >= 4 is 28.5 Å². The molecular formula is C14H10F2INO2. The number of rotatable bonds is 4. The number of hydrogen-bond donors (Lipinski definition) is 1. The maximum Gasteiger partial charge on any atom is 0.249 e. The van der Waals surface area contributed by atoms with Crippen molar-refractivity contribution in [3.8, 4) is 5.75 Å². The molecule has 0 fully saturated rings. The van der Waals surface area contributed by atoms with Crippen LogP contribution in [0.4, 0.5) is 8.78 Å². The van der Waals surface area contributed by atoms with E-state index in [1.54, 1.807) is 46.9 Å². The van der Waals surface area contributed by atoms with E-state index < -0.39 is 23.3 Å². The second-order valence-electron chi connectivity index (χ2n) is 4.00. The highest BCUT2D eigenvalue weighted by Gasteiger charge is 2.20. The van der Waals surface area contributed by atoms with Crippen LogP contribution in [0.3, 0.4) is 0 Å². The summed E-state index contributed by atoms with van der Waals surface area (Å²) in [5.41, 5.74) is 5.63. The van der Waals surface area contributed by atoms with Gasteiger partial charge in [-0.25, -0.2) is 8.78 Å². The van der Waals surface area contributed by atoms with Crippen LogP contribution in [0.15, 0.2) is 36.4 Å². The van der Waals surface area contributed by atoms with Crippen molar-refractivity contribution in [1.29, 1.82) is 0 Å². The van der Waals surface area contributed by atoms with Crippen LogP contribution < -0.4 is 10.5 Å². The van der Waals surface area contributed by atoms with E-state index in [0.717, 1.165) is 11.6 Å². The third kappa shape index (κ3) is 3.06. The Morgan fingerprint density at radius 3 is 2.50 bits per heavy atom. The van der Waals surface area contributed by atoms with Gasteiger partial charge in [0.2, 0.25) is 5.91 Å². The molecule has 0 bridgehead atoms. The van der Waals surface area contributed by atoms with E-state index in [-0.39, 0.29) is 15.7 Å². The molecule has 104 valence electrons. The average Bonchev–Trinajstić information content (AvgIpc) is 2.43. The lowest BCUT2D eigenvalue weighted by Crippen LogP contribution is -2.15. The molecule has 0 aliphatic carbocycles. The molecule has 2 aromatic rings. The summed E-state index contributed by atoms with van der Waals surface area (Å²) in [6.45, 7) is 0.0285. The van der Waals surface area contributed by atoms with Gasteiger partial charge < -0.3 is 10.5 Å². The normalized spacial score (nSPS) is 10.3. The first kappa shape index (κ1) is 14.7. The molecule has 2 rings (SSSR count). The lowest BCUT2D eigenvalue weighted by atomic mass is 10.2. The van der Waals surface area contributed by atoms with Crippen LogP contribution in [-0.4, -0.2) is 5.91 Å². The lowest BCUT2D eigenvalue weighted by molar-refractivity contribution is 0.0998. The number of benzene rings is 2. The van der Waals surface area contributed by atoms with Gasteiger partial charge in [0.25, 0.3) is 0 Å². The molecule has 3 nitrogen and oxygen atoms in total. The van der Waals surface area contributed by atoms with Crippen LogP contribution in [0.1, 0.15) is 15.9 Å². The Labute approximate surface area is 127 Å². The molecule has 0 saturated heterocycles. The van der Waals surface area contributed by atoms with Crippen molar-refractivity contribution in [3.05, 3.63) is 62.7 Å². The number of amides is 1. The molecule has 0 aliphatic heterocycles. The zero-order valence-electron chi connectivity index (χ0n) is 10.2. The summed E-state index contributed by atoms with van der Waals surface area (Å²) in [5, 5.41) is 0. The predicted octanol–water partition coefficient (Wildman–Crippen LogP) is 3.25. The minimum Gasteiger partial charge on any atom is -0.483 e. The second kappa shape index (κ2) is 6.17. The van der Waals surface area contributed by atoms with E-state index in [2.05, 4.69) is 0 Å². The maximum absolute atomic E-state index is 14.0. The highest BCUT2D eigenvalue weighted by molar-refractivity contribution is 14.1. The first-order valence-electron chi connectivity index (χ1n) is 5.64. The molecule has 2 N–H and O–H groups in total. The van der Waals surface area contributed by atoms with Gasteiger partial charge in [-0.1, -0.05) is 30.3 Å². The molecule has 0 spiro atoms. The summed E-state index contributed by atoms with van der Waals surface area (Å²) >= 11 is 1.59. The Morgan fingerprint density at radius 2 is 1.90 bits per heavy atom. The van der Waals surface area contributed by atoms with E-state index >= 15 is 0 Å². The Kier molecular flexibility index (Phi) is 4.53. The van der Waals surface area contributed by atoms with Crippen LogP contribution in [0, 0.1) is 15.2 Å². The van der Waals surface area contributed by atoms with Crippen molar-refractivity contribution in [3.63, 3.8) is 0 Å². The van der Waals surface area contributed by atoms with Gasteiger partial charge in [-0.15, -0.1) is 0 Å². The fourth-order valence-corrected chi connectivity index (χ4v) is 2.29. The van der Waals surface area contributed by atoms with E-state index in [1.807, 2.05) is 6.07 Å². The summed E-state index contributed by atoms with van der Waals surface area (Å²) in [6.07, 6.45) is 0. The zero-order valence-corrected chi connectivity index (χ0v) is 12.4. The molecule has 0 heterocycles. The van der Waals surface area contributed by atoms with Crippen LogP contribution in [0.2, 0.25) is 0 Å². The minimum atomic E-state index is -0.951. The molecule has 0 aliphatic rings. The van der Waals surface area contributed by atoms with E-state index in [0.29, 0.717) is 0 Å². The van der Waals surface area contributed by atoms with Gasteiger partial charge in [0.15, 0.2) is 17.4 Å². The topological polar surface area (TPSA) is 52.3 Å². The molecule has 1 amide bonds. The summed E-state index contributed by atoms with van der Waals surface area (Å²) in [4.78, 5) is 11.1. The predicted molar refractivity (Wildman–Crippen MR) is 78.4 cm³/mol. The van der Waals surface area contributed by atoms with Crippen LogP contribution in [-0.2, 0) is 6.61 Å². The van der Waals surface area contributed by atoms with Crippen LogP contribution >= 0.6 is 22.6 Å². The Hall–Kier alpha value is -1.70. The first-order chi connectivity index (χ1) is 9.50. The highest BCUT2D eigenvalue weighted by atomic mass is 127.